The van der Waals surface area contributed by atoms with Crippen LogP contribution in [0, 0.1) is 25.2 Å². The number of nitrogens with zero attached hydrogens (tertiary/aromatic N) is 2. The van der Waals surface area contributed by atoms with E-state index < -0.39 is 18.5 Å². The number of benzene rings is 2. The second-order valence-electron chi connectivity index (χ2n) is 8.22. The second-order valence-corrected chi connectivity index (χ2v) is 8.22. The van der Waals surface area contributed by atoms with Crippen LogP contribution in [0.1, 0.15) is 58.3 Å². The lowest BCUT2D eigenvalue weighted by molar-refractivity contribution is -0.147. The molecule has 0 saturated carbocycles. The minimum atomic E-state index is -0.589. The van der Waals surface area contributed by atoms with Gasteiger partial charge < -0.3 is 9.64 Å². The van der Waals surface area contributed by atoms with Crippen LogP contribution in [0.15, 0.2) is 36.4 Å². The monoisotopic (exact) mass is 432 g/mol. The maximum atomic E-state index is 12.7. The van der Waals surface area contributed by atoms with E-state index in [0.717, 1.165) is 30.4 Å². The van der Waals surface area contributed by atoms with Crippen LogP contribution in [0.3, 0.4) is 0 Å². The summed E-state index contributed by atoms with van der Waals surface area (Å²) in [5.41, 5.74) is 5.79. The first-order valence-electron chi connectivity index (χ1n) is 10.9. The molecular weight excluding hydrogens is 404 g/mol. The Morgan fingerprint density at radius 3 is 2.44 bits per heavy atom. The van der Waals surface area contributed by atoms with E-state index in [1.54, 1.807) is 0 Å². The zero-order valence-electron chi connectivity index (χ0n) is 18.6. The van der Waals surface area contributed by atoms with Gasteiger partial charge in [0, 0.05) is 24.2 Å². The van der Waals surface area contributed by atoms with Crippen LogP contribution in [0.25, 0.3) is 0 Å². The molecule has 0 fully saturated rings. The van der Waals surface area contributed by atoms with Crippen molar-refractivity contribution in [2.75, 3.05) is 18.1 Å². The smallest absolute Gasteiger partial charge is 0.306 e. The van der Waals surface area contributed by atoms with Crippen LogP contribution in [0.2, 0.25) is 0 Å². The van der Waals surface area contributed by atoms with Crippen molar-refractivity contribution in [3.05, 3.63) is 64.2 Å². The third-order valence-corrected chi connectivity index (χ3v) is 5.60. The fourth-order valence-electron chi connectivity index (χ4n) is 4.06. The molecule has 0 aliphatic heterocycles. The highest BCUT2D eigenvalue weighted by Gasteiger charge is 2.19. The van der Waals surface area contributed by atoms with Crippen LogP contribution in [0.5, 0.6) is 0 Å². The van der Waals surface area contributed by atoms with Gasteiger partial charge in [-0.2, -0.15) is 5.26 Å². The zero-order chi connectivity index (χ0) is 23.1. The topological polar surface area (TPSA) is 87.5 Å². The standard InChI is InChI=1S/C26H28N2O4/c1-18-13-19(2)15-23(14-18)28(12-4-11-27)25(30)17-32-26(31)10-9-24(29)22-8-7-20-5-3-6-21(20)16-22/h7-8,13-16H,3-6,9-10,12,17H2,1-2H3. The number of fused-ring (bicyclic) bond motifs is 1. The van der Waals surface area contributed by atoms with Crippen molar-refractivity contribution in [3.8, 4) is 6.07 Å². The van der Waals surface area contributed by atoms with Crippen molar-refractivity contribution in [3.63, 3.8) is 0 Å². The fourth-order valence-corrected chi connectivity index (χ4v) is 4.06. The van der Waals surface area contributed by atoms with Crippen molar-refractivity contribution in [2.24, 2.45) is 0 Å². The number of carbonyl (C=O) groups excluding carboxylic acids is 3. The Kier molecular flexibility index (Phi) is 7.77. The summed E-state index contributed by atoms with van der Waals surface area (Å²) in [4.78, 5) is 38.8. The van der Waals surface area contributed by atoms with Gasteiger partial charge >= 0.3 is 5.97 Å². The number of anilines is 1. The largest absolute Gasteiger partial charge is 0.456 e. The molecule has 0 heterocycles. The highest BCUT2D eigenvalue weighted by molar-refractivity contribution is 5.98. The fraction of sp³-hybridized carbons (Fsp3) is 0.385. The van der Waals surface area contributed by atoms with Gasteiger partial charge in [0.1, 0.15) is 0 Å². The first-order valence-corrected chi connectivity index (χ1v) is 10.9. The lowest BCUT2D eigenvalue weighted by atomic mass is 10.0. The van der Waals surface area contributed by atoms with Gasteiger partial charge in [0.15, 0.2) is 12.4 Å². The molecule has 166 valence electrons. The van der Waals surface area contributed by atoms with Crippen LogP contribution >= 0.6 is 0 Å². The summed E-state index contributed by atoms with van der Waals surface area (Å²) in [5, 5.41) is 8.93. The third kappa shape index (κ3) is 6.04. The first kappa shape index (κ1) is 23.2. The van der Waals surface area contributed by atoms with Gasteiger partial charge in [0.25, 0.3) is 5.91 Å². The molecule has 0 saturated heterocycles. The van der Waals surface area contributed by atoms with Crippen LogP contribution < -0.4 is 4.90 Å². The number of ether oxygens (including phenoxy) is 1. The van der Waals surface area contributed by atoms with Gasteiger partial charge in [-0.25, -0.2) is 0 Å². The maximum Gasteiger partial charge on any atom is 0.306 e. The molecule has 3 rings (SSSR count). The molecule has 6 nitrogen and oxygen atoms in total. The Morgan fingerprint density at radius 1 is 1.00 bits per heavy atom. The van der Waals surface area contributed by atoms with Gasteiger partial charge in [-0.1, -0.05) is 18.2 Å². The van der Waals surface area contributed by atoms with Crippen LogP contribution in [-0.4, -0.2) is 30.8 Å². The van der Waals surface area contributed by atoms with E-state index in [9.17, 15) is 14.4 Å². The summed E-state index contributed by atoms with van der Waals surface area (Å²) in [6.45, 7) is 3.65. The van der Waals surface area contributed by atoms with E-state index >= 15 is 0 Å². The molecule has 0 N–H and O–H groups in total. The van der Waals surface area contributed by atoms with Crippen molar-refractivity contribution in [1.82, 2.24) is 0 Å². The molecule has 0 radical (unpaired) electrons. The number of rotatable bonds is 9. The predicted octanol–water partition coefficient (Wildman–Crippen LogP) is 4.25. The van der Waals surface area contributed by atoms with E-state index in [2.05, 4.69) is 0 Å². The predicted molar refractivity (Wildman–Crippen MR) is 121 cm³/mol. The molecule has 1 aliphatic rings. The van der Waals surface area contributed by atoms with E-state index in [1.165, 1.54) is 16.0 Å². The molecule has 1 amide bonds. The Morgan fingerprint density at radius 2 is 1.72 bits per heavy atom. The number of nitriles is 1. The highest BCUT2D eigenvalue weighted by Crippen LogP contribution is 2.23. The molecular formula is C26H28N2O4. The maximum absolute atomic E-state index is 12.7. The molecule has 1 aliphatic carbocycles. The normalized spacial score (nSPS) is 12.0. The average molecular weight is 433 g/mol. The molecule has 0 spiro atoms. The molecule has 0 aromatic heterocycles. The van der Waals surface area contributed by atoms with E-state index in [0.29, 0.717) is 11.3 Å². The van der Waals surface area contributed by atoms with E-state index in [-0.39, 0.29) is 31.6 Å². The number of hydrogen-bond acceptors (Lipinski definition) is 5. The minimum absolute atomic E-state index is 0.0427. The van der Waals surface area contributed by atoms with Crippen molar-refractivity contribution in [2.45, 2.75) is 52.4 Å². The number of Topliss-reactive ketones (excluding diaryl/α,β-unsaturated/α-hetero) is 1. The van der Waals surface area contributed by atoms with Gasteiger partial charge in [0.2, 0.25) is 0 Å². The minimum Gasteiger partial charge on any atom is -0.456 e. The van der Waals surface area contributed by atoms with Gasteiger partial charge in [-0.3, -0.25) is 14.4 Å². The SMILES string of the molecule is Cc1cc(C)cc(N(CCC#N)C(=O)COC(=O)CCC(=O)c2ccc3c(c2)CCC3)c1. The number of aryl methyl sites for hydroxylation is 4. The van der Waals surface area contributed by atoms with Gasteiger partial charge in [-0.05, 0) is 73.6 Å². The van der Waals surface area contributed by atoms with E-state index in [1.807, 2.05) is 56.3 Å². The Bertz CT molecular complexity index is 1050. The average Bonchev–Trinajstić information content (AvgIpc) is 3.23. The summed E-state index contributed by atoms with van der Waals surface area (Å²) in [5.74, 6) is -1.09. The zero-order valence-corrected chi connectivity index (χ0v) is 18.6. The van der Waals surface area contributed by atoms with Crippen molar-refractivity contribution >= 4 is 23.3 Å². The molecule has 32 heavy (non-hydrogen) atoms. The van der Waals surface area contributed by atoms with Crippen LogP contribution in [0.4, 0.5) is 5.69 Å². The van der Waals surface area contributed by atoms with E-state index in [4.69, 9.17) is 10.00 Å². The van der Waals surface area contributed by atoms with Crippen LogP contribution in [-0.2, 0) is 27.2 Å². The number of carbonyl (C=O) groups is 3. The lowest BCUT2D eigenvalue weighted by Gasteiger charge is -2.22. The Balaban J connectivity index is 1.53. The molecule has 2 aromatic carbocycles. The quantitative estimate of drug-likeness (QED) is 0.437. The Hall–Kier alpha value is -3.46. The number of amides is 1. The lowest BCUT2D eigenvalue weighted by Crippen LogP contribution is -2.35. The Labute approximate surface area is 188 Å². The second kappa shape index (κ2) is 10.7. The highest BCUT2D eigenvalue weighted by atomic mass is 16.5. The molecule has 0 unspecified atom stereocenters. The summed E-state index contributed by atoms with van der Waals surface area (Å²) >= 11 is 0. The number of esters is 1. The summed E-state index contributed by atoms with van der Waals surface area (Å²) < 4.78 is 5.14. The van der Waals surface area contributed by atoms with Crippen molar-refractivity contribution in [1.29, 1.82) is 5.26 Å². The summed E-state index contributed by atoms with van der Waals surface area (Å²) in [7, 11) is 0. The van der Waals surface area contributed by atoms with Gasteiger partial charge in [-0.15, -0.1) is 0 Å². The third-order valence-electron chi connectivity index (χ3n) is 5.60. The number of hydrogen-bond donors (Lipinski definition) is 0. The molecule has 0 atom stereocenters. The molecule has 2 aromatic rings. The molecule has 6 heteroatoms. The first-order chi connectivity index (χ1) is 15.4. The molecule has 0 bridgehead atoms. The number of ketones is 1. The van der Waals surface area contributed by atoms with Gasteiger partial charge in [0.05, 0.1) is 18.9 Å². The summed E-state index contributed by atoms with van der Waals surface area (Å²) in [6.07, 6.45) is 3.29. The van der Waals surface area contributed by atoms with Crippen molar-refractivity contribution < 1.29 is 19.1 Å². The summed E-state index contributed by atoms with van der Waals surface area (Å²) in [6, 6.07) is 13.5.